The second-order valence-electron chi connectivity index (χ2n) is 1.08. The molecule has 7 heteroatoms. The first-order chi connectivity index (χ1) is 5.00. The van der Waals surface area contributed by atoms with E-state index in [0.717, 1.165) is 6.39 Å². The summed E-state index contributed by atoms with van der Waals surface area (Å²) in [6, 6.07) is 0. The standard InChI is InChI=1S/C2H2N2O.CHN3O/c1-3-4-2-5-1;1-2-3-4-5-1/h1-2H;1H. The summed E-state index contributed by atoms with van der Waals surface area (Å²) in [5.41, 5.74) is 0. The second kappa shape index (κ2) is 4.13. The van der Waals surface area contributed by atoms with Crippen LogP contribution in [0.2, 0.25) is 0 Å². The first-order valence-corrected chi connectivity index (χ1v) is 2.26. The fraction of sp³-hybridized carbons (Fsp3) is 0. The van der Waals surface area contributed by atoms with Crippen molar-refractivity contribution < 1.29 is 8.94 Å². The Hall–Kier alpha value is -1.79. The monoisotopic (exact) mass is 141 g/mol. The highest BCUT2D eigenvalue weighted by Crippen LogP contribution is 1.64. The lowest BCUT2D eigenvalue weighted by Gasteiger charge is -1.44. The van der Waals surface area contributed by atoms with E-state index >= 15 is 0 Å². The quantitative estimate of drug-likeness (QED) is 0.489. The minimum atomic E-state index is 1.15. The molecule has 2 heterocycles. The van der Waals surface area contributed by atoms with Crippen molar-refractivity contribution in [3.8, 4) is 0 Å². The molecule has 0 spiro atoms. The van der Waals surface area contributed by atoms with Gasteiger partial charge in [0.2, 0.25) is 19.2 Å². The van der Waals surface area contributed by atoms with E-state index in [1.807, 2.05) is 0 Å². The molecule has 52 valence electrons. The van der Waals surface area contributed by atoms with Crippen LogP contribution >= 0.6 is 0 Å². The molecule has 0 aliphatic heterocycles. The molecule has 2 aromatic rings. The molecule has 0 radical (unpaired) electrons. The molecule has 2 aromatic heterocycles. The molecule has 0 aliphatic rings. The van der Waals surface area contributed by atoms with Crippen LogP contribution in [0.1, 0.15) is 0 Å². The number of hydrogen-bond donors (Lipinski definition) is 0. The summed E-state index contributed by atoms with van der Waals surface area (Å²) in [6.07, 6.45) is 3.68. The van der Waals surface area contributed by atoms with E-state index in [4.69, 9.17) is 0 Å². The molecule has 0 fully saturated rings. The van der Waals surface area contributed by atoms with Crippen molar-refractivity contribution in [2.45, 2.75) is 0 Å². The Labute approximate surface area is 55.0 Å². The average Bonchev–Trinajstić information content (AvgIpc) is 2.67. The zero-order valence-corrected chi connectivity index (χ0v) is 4.78. The molecule has 10 heavy (non-hydrogen) atoms. The normalized spacial score (nSPS) is 8.00. The maximum atomic E-state index is 4.36. The Balaban J connectivity index is 0.0000001000. The smallest absolute Gasteiger partial charge is 0.235 e. The first kappa shape index (κ1) is 6.33. The summed E-state index contributed by atoms with van der Waals surface area (Å²) >= 11 is 0. The molecule has 7 nitrogen and oxygen atoms in total. The minimum absolute atomic E-state index is 1.15. The van der Waals surface area contributed by atoms with Crippen LogP contribution in [0.15, 0.2) is 28.1 Å². The van der Waals surface area contributed by atoms with Crippen LogP contribution in [-0.2, 0) is 0 Å². The molecule has 0 N–H and O–H groups in total. The molecule has 0 unspecified atom stereocenters. The summed E-state index contributed by atoms with van der Waals surface area (Å²) in [5.74, 6) is 0. The van der Waals surface area contributed by atoms with Crippen molar-refractivity contribution in [1.82, 2.24) is 25.8 Å². The second-order valence-corrected chi connectivity index (χ2v) is 1.08. The Morgan fingerprint density at radius 1 is 0.900 bits per heavy atom. The molecular formula is C3H3N5O2. The predicted octanol–water partition coefficient (Wildman–Crippen LogP) is -0.466. The molecule has 0 aliphatic carbocycles. The van der Waals surface area contributed by atoms with Crippen molar-refractivity contribution in [2.24, 2.45) is 0 Å². The van der Waals surface area contributed by atoms with Gasteiger partial charge in [-0.25, -0.2) is 0 Å². The van der Waals surface area contributed by atoms with Gasteiger partial charge in [-0.2, -0.15) is 0 Å². The van der Waals surface area contributed by atoms with Gasteiger partial charge >= 0.3 is 0 Å². The van der Waals surface area contributed by atoms with Gasteiger partial charge < -0.3 is 8.94 Å². The van der Waals surface area contributed by atoms with Gasteiger partial charge in [0.05, 0.1) is 5.27 Å². The molecule has 0 saturated carbocycles. The van der Waals surface area contributed by atoms with E-state index in [2.05, 4.69) is 34.7 Å². The third-order valence-corrected chi connectivity index (χ3v) is 0.512. The lowest BCUT2D eigenvalue weighted by molar-refractivity contribution is 0.392. The van der Waals surface area contributed by atoms with Crippen LogP contribution in [0.25, 0.3) is 0 Å². The molecule has 0 amide bonds. The highest BCUT2D eigenvalue weighted by atomic mass is 16.5. The maximum absolute atomic E-state index is 4.36. The summed E-state index contributed by atoms with van der Waals surface area (Å²) in [5, 5.41) is 15.8. The van der Waals surface area contributed by atoms with Crippen molar-refractivity contribution in [1.29, 1.82) is 0 Å². The number of hydrogen-bond acceptors (Lipinski definition) is 7. The number of aromatic nitrogens is 5. The van der Waals surface area contributed by atoms with E-state index in [-0.39, 0.29) is 0 Å². The molecule has 2 rings (SSSR count). The van der Waals surface area contributed by atoms with Gasteiger partial charge in [0.25, 0.3) is 0 Å². The molecular weight excluding hydrogens is 138 g/mol. The van der Waals surface area contributed by atoms with E-state index in [9.17, 15) is 0 Å². The Morgan fingerprint density at radius 2 is 1.70 bits per heavy atom. The van der Waals surface area contributed by atoms with Crippen LogP contribution in [0, 0.1) is 0 Å². The van der Waals surface area contributed by atoms with Crippen LogP contribution in [0.5, 0.6) is 0 Å². The summed E-state index contributed by atoms with van der Waals surface area (Å²) in [6.45, 7) is 0. The fourth-order valence-corrected chi connectivity index (χ4v) is 0.241. The molecule has 0 aromatic carbocycles. The number of rotatable bonds is 0. The summed E-state index contributed by atoms with van der Waals surface area (Å²) < 4.78 is 8.47. The van der Waals surface area contributed by atoms with Gasteiger partial charge in [-0.05, 0) is 5.21 Å². The van der Waals surface area contributed by atoms with Crippen molar-refractivity contribution in [3.63, 3.8) is 0 Å². The van der Waals surface area contributed by atoms with Gasteiger partial charge in [-0.15, -0.1) is 10.2 Å². The van der Waals surface area contributed by atoms with Gasteiger partial charge in [0.15, 0.2) is 0 Å². The number of nitrogens with zero attached hydrogens (tertiary/aromatic N) is 5. The lowest BCUT2D eigenvalue weighted by atomic mass is 11.5. The predicted molar refractivity (Wildman–Crippen MR) is 26.4 cm³/mol. The van der Waals surface area contributed by atoms with Crippen molar-refractivity contribution in [3.05, 3.63) is 19.2 Å². The third kappa shape index (κ3) is 2.50. The maximum Gasteiger partial charge on any atom is 0.235 e. The van der Waals surface area contributed by atoms with E-state index < -0.39 is 0 Å². The van der Waals surface area contributed by atoms with Gasteiger partial charge in [-0.3, -0.25) is 0 Å². The van der Waals surface area contributed by atoms with Gasteiger partial charge in [0, 0.05) is 0 Å². The third-order valence-electron chi connectivity index (χ3n) is 0.512. The van der Waals surface area contributed by atoms with E-state index in [1.165, 1.54) is 12.8 Å². The average molecular weight is 141 g/mol. The zero-order chi connectivity index (χ0) is 7.07. The van der Waals surface area contributed by atoms with Gasteiger partial charge in [-0.1, -0.05) is 5.10 Å². The minimum Gasteiger partial charge on any atom is -0.431 e. The lowest BCUT2D eigenvalue weighted by Crippen LogP contribution is -1.61. The van der Waals surface area contributed by atoms with Crippen molar-refractivity contribution >= 4 is 0 Å². The van der Waals surface area contributed by atoms with E-state index in [1.54, 1.807) is 0 Å². The van der Waals surface area contributed by atoms with Crippen LogP contribution in [-0.4, -0.2) is 25.8 Å². The van der Waals surface area contributed by atoms with Crippen LogP contribution < -0.4 is 0 Å². The molecule has 0 bridgehead atoms. The Bertz CT molecular complexity index is 154. The SMILES string of the molecule is c1nnco1.c1nnno1. The fourth-order valence-electron chi connectivity index (χ4n) is 0.241. The zero-order valence-electron chi connectivity index (χ0n) is 4.78. The summed E-state index contributed by atoms with van der Waals surface area (Å²) in [4.78, 5) is 0. The van der Waals surface area contributed by atoms with Crippen molar-refractivity contribution in [2.75, 3.05) is 0 Å². The molecule has 0 atom stereocenters. The topological polar surface area (TPSA) is 90.7 Å². The van der Waals surface area contributed by atoms with Crippen LogP contribution in [0.3, 0.4) is 0 Å². The molecule has 0 saturated heterocycles. The Morgan fingerprint density at radius 3 is 1.90 bits per heavy atom. The van der Waals surface area contributed by atoms with Gasteiger partial charge in [0.1, 0.15) is 0 Å². The highest BCUT2D eigenvalue weighted by Gasteiger charge is 1.62. The van der Waals surface area contributed by atoms with E-state index in [0.29, 0.717) is 0 Å². The van der Waals surface area contributed by atoms with Crippen LogP contribution in [0.4, 0.5) is 0 Å². The first-order valence-electron chi connectivity index (χ1n) is 2.26. The summed E-state index contributed by atoms with van der Waals surface area (Å²) in [7, 11) is 0. The largest absolute Gasteiger partial charge is 0.431 e. The highest BCUT2D eigenvalue weighted by molar-refractivity contribution is 4.29. The Kier molecular flexibility index (Phi) is 2.61.